The van der Waals surface area contributed by atoms with Gasteiger partial charge in [0, 0.05) is 13.1 Å². The average molecular weight is 317 g/mol. The van der Waals surface area contributed by atoms with Crippen molar-refractivity contribution < 1.29 is 8.42 Å². The van der Waals surface area contributed by atoms with Crippen molar-refractivity contribution in [1.82, 2.24) is 9.29 Å². The smallest absolute Gasteiger partial charge is 0.232 e. The molecule has 0 N–H and O–H groups in total. The van der Waals surface area contributed by atoms with E-state index in [1.54, 1.807) is 0 Å². The standard InChI is InChI=1S/C12H13ClN2O2S2/c1-2-15(9-10-6-4-3-5-7-10)19(16,17)11-8-14-12(13)18-11/h3-8H,2,9H2,1H3. The molecule has 1 heterocycles. The van der Waals surface area contributed by atoms with E-state index in [1.165, 1.54) is 10.5 Å². The Kier molecular flexibility index (Phi) is 4.57. The van der Waals surface area contributed by atoms with Gasteiger partial charge in [-0.05, 0) is 5.56 Å². The Labute approximate surface area is 121 Å². The van der Waals surface area contributed by atoms with Crippen molar-refractivity contribution in [2.75, 3.05) is 6.54 Å². The van der Waals surface area contributed by atoms with Gasteiger partial charge in [0.2, 0.25) is 0 Å². The molecule has 0 unspecified atom stereocenters. The summed E-state index contributed by atoms with van der Waals surface area (Å²) in [5.74, 6) is 0. The van der Waals surface area contributed by atoms with Gasteiger partial charge in [0.25, 0.3) is 10.0 Å². The van der Waals surface area contributed by atoms with E-state index in [4.69, 9.17) is 11.6 Å². The summed E-state index contributed by atoms with van der Waals surface area (Å²) in [7, 11) is -3.52. The molecule has 0 saturated carbocycles. The number of aromatic nitrogens is 1. The predicted octanol–water partition coefficient (Wildman–Crippen LogP) is 3.01. The minimum Gasteiger partial charge on any atom is -0.232 e. The van der Waals surface area contributed by atoms with Crippen LogP contribution in [0.1, 0.15) is 12.5 Å². The maximum atomic E-state index is 12.4. The summed E-state index contributed by atoms with van der Waals surface area (Å²) in [5, 5.41) is 0. The number of hydrogen-bond acceptors (Lipinski definition) is 4. The third-order valence-electron chi connectivity index (χ3n) is 2.60. The van der Waals surface area contributed by atoms with Gasteiger partial charge in [-0.25, -0.2) is 13.4 Å². The van der Waals surface area contributed by atoms with Gasteiger partial charge in [-0.2, -0.15) is 4.31 Å². The van der Waals surface area contributed by atoms with E-state index in [0.717, 1.165) is 16.9 Å². The first-order valence-electron chi connectivity index (χ1n) is 5.69. The Morgan fingerprint density at radius 2 is 2.00 bits per heavy atom. The highest BCUT2D eigenvalue weighted by Gasteiger charge is 2.25. The zero-order valence-electron chi connectivity index (χ0n) is 10.3. The van der Waals surface area contributed by atoms with E-state index in [2.05, 4.69) is 4.98 Å². The van der Waals surface area contributed by atoms with Crippen molar-refractivity contribution >= 4 is 33.0 Å². The lowest BCUT2D eigenvalue weighted by Crippen LogP contribution is -2.29. The van der Waals surface area contributed by atoms with Crippen molar-refractivity contribution in [1.29, 1.82) is 0 Å². The molecule has 0 aliphatic carbocycles. The van der Waals surface area contributed by atoms with Crippen LogP contribution in [-0.4, -0.2) is 24.3 Å². The number of rotatable bonds is 5. The summed E-state index contributed by atoms with van der Waals surface area (Å²) in [6.45, 7) is 2.55. The van der Waals surface area contributed by atoms with E-state index in [9.17, 15) is 8.42 Å². The van der Waals surface area contributed by atoms with Gasteiger partial charge in [-0.15, -0.1) is 0 Å². The highest BCUT2D eigenvalue weighted by Crippen LogP contribution is 2.26. The fourth-order valence-electron chi connectivity index (χ4n) is 1.64. The number of benzene rings is 1. The van der Waals surface area contributed by atoms with Crippen LogP contribution in [0.25, 0.3) is 0 Å². The molecule has 2 aromatic rings. The zero-order chi connectivity index (χ0) is 13.9. The fourth-order valence-corrected chi connectivity index (χ4v) is 4.53. The van der Waals surface area contributed by atoms with E-state index in [1.807, 2.05) is 37.3 Å². The summed E-state index contributed by atoms with van der Waals surface area (Å²) in [4.78, 5) is 3.78. The van der Waals surface area contributed by atoms with Crippen LogP contribution in [0, 0.1) is 0 Å². The maximum Gasteiger partial charge on any atom is 0.254 e. The molecule has 1 aromatic heterocycles. The lowest BCUT2D eigenvalue weighted by molar-refractivity contribution is 0.425. The van der Waals surface area contributed by atoms with Crippen LogP contribution in [0.2, 0.25) is 4.47 Å². The molecule has 7 heteroatoms. The molecule has 0 aliphatic heterocycles. The van der Waals surface area contributed by atoms with Crippen molar-refractivity contribution in [2.45, 2.75) is 17.7 Å². The Bertz CT molecular complexity index is 641. The van der Waals surface area contributed by atoms with Gasteiger partial charge in [0.15, 0.2) is 8.68 Å². The first-order chi connectivity index (χ1) is 9.04. The second-order valence-electron chi connectivity index (χ2n) is 3.85. The summed E-state index contributed by atoms with van der Waals surface area (Å²) < 4.78 is 26.7. The van der Waals surface area contributed by atoms with Crippen LogP contribution >= 0.6 is 22.9 Å². The molecule has 0 spiro atoms. The molecular formula is C12H13ClN2O2S2. The largest absolute Gasteiger partial charge is 0.254 e. The Hall–Kier alpha value is -0.950. The minimum absolute atomic E-state index is 0.176. The summed E-state index contributed by atoms with van der Waals surface area (Å²) >= 11 is 6.67. The second kappa shape index (κ2) is 6.00. The first kappa shape index (κ1) is 14.5. The average Bonchev–Trinajstić information content (AvgIpc) is 2.84. The second-order valence-corrected chi connectivity index (χ2v) is 7.63. The molecule has 0 fully saturated rings. The zero-order valence-corrected chi connectivity index (χ0v) is 12.7. The SMILES string of the molecule is CCN(Cc1ccccc1)S(=O)(=O)c1cnc(Cl)s1. The van der Waals surface area contributed by atoms with E-state index in [0.29, 0.717) is 13.1 Å². The number of halogens is 1. The van der Waals surface area contributed by atoms with Crippen molar-refractivity contribution in [3.8, 4) is 0 Å². The molecule has 1 aromatic carbocycles. The number of thiazole rings is 1. The van der Waals surface area contributed by atoms with E-state index in [-0.39, 0.29) is 8.68 Å². The number of hydrogen-bond donors (Lipinski definition) is 0. The molecule has 19 heavy (non-hydrogen) atoms. The summed E-state index contributed by atoms with van der Waals surface area (Å²) in [5.41, 5.74) is 0.948. The predicted molar refractivity (Wildman–Crippen MR) is 76.8 cm³/mol. The van der Waals surface area contributed by atoms with Crippen LogP contribution in [-0.2, 0) is 16.6 Å². The molecule has 0 atom stereocenters. The van der Waals surface area contributed by atoms with Crippen molar-refractivity contribution in [2.24, 2.45) is 0 Å². The molecule has 0 saturated heterocycles. The molecule has 102 valence electrons. The highest BCUT2D eigenvalue weighted by molar-refractivity contribution is 7.91. The first-order valence-corrected chi connectivity index (χ1v) is 8.33. The number of nitrogens with zero attached hydrogens (tertiary/aromatic N) is 2. The summed E-state index contributed by atoms with van der Waals surface area (Å²) in [6.07, 6.45) is 1.30. The normalized spacial score (nSPS) is 11.9. The van der Waals surface area contributed by atoms with Gasteiger partial charge in [-0.1, -0.05) is 60.2 Å². The topological polar surface area (TPSA) is 50.3 Å². The van der Waals surface area contributed by atoms with Crippen LogP contribution in [0.4, 0.5) is 0 Å². The van der Waals surface area contributed by atoms with Crippen LogP contribution in [0.5, 0.6) is 0 Å². The maximum absolute atomic E-state index is 12.4. The fraction of sp³-hybridized carbons (Fsp3) is 0.250. The lowest BCUT2D eigenvalue weighted by Gasteiger charge is -2.19. The van der Waals surface area contributed by atoms with Crippen molar-refractivity contribution in [3.63, 3.8) is 0 Å². The van der Waals surface area contributed by atoms with Crippen LogP contribution in [0.3, 0.4) is 0 Å². The van der Waals surface area contributed by atoms with Crippen LogP contribution < -0.4 is 0 Å². The molecular weight excluding hydrogens is 304 g/mol. The quantitative estimate of drug-likeness (QED) is 0.852. The Morgan fingerprint density at radius 3 is 2.53 bits per heavy atom. The lowest BCUT2D eigenvalue weighted by atomic mass is 10.2. The molecule has 0 aliphatic rings. The van der Waals surface area contributed by atoms with Gasteiger partial charge >= 0.3 is 0 Å². The van der Waals surface area contributed by atoms with Crippen LogP contribution in [0.15, 0.2) is 40.7 Å². The van der Waals surface area contributed by atoms with Gasteiger partial charge in [-0.3, -0.25) is 0 Å². The minimum atomic E-state index is -3.52. The van der Waals surface area contributed by atoms with Crippen molar-refractivity contribution in [3.05, 3.63) is 46.6 Å². The highest BCUT2D eigenvalue weighted by atomic mass is 35.5. The Balaban J connectivity index is 2.27. The van der Waals surface area contributed by atoms with Gasteiger partial charge in [0.05, 0.1) is 6.20 Å². The Morgan fingerprint density at radius 1 is 1.32 bits per heavy atom. The molecule has 0 amide bonds. The third kappa shape index (κ3) is 3.33. The molecule has 0 bridgehead atoms. The van der Waals surface area contributed by atoms with E-state index >= 15 is 0 Å². The van der Waals surface area contributed by atoms with E-state index < -0.39 is 10.0 Å². The summed E-state index contributed by atoms with van der Waals surface area (Å²) in [6, 6.07) is 9.48. The number of sulfonamides is 1. The monoisotopic (exact) mass is 316 g/mol. The van der Waals surface area contributed by atoms with Gasteiger partial charge in [0.1, 0.15) is 0 Å². The molecule has 2 rings (SSSR count). The van der Waals surface area contributed by atoms with Gasteiger partial charge < -0.3 is 0 Å². The molecule has 4 nitrogen and oxygen atoms in total. The third-order valence-corrected chi connectivity index (χ3v) is 6.08. The molecule has 0 radical (unpaired) electrons.